The fourth-order valence-corrected chi connectivity index (χ4v) is 2.62. The van der Waals surface area contributed by atoms with Gasteiger partial charge in [-0.05, 0) is 31.6 Å². The number of amides is 1. The van der Waals surface area contributed by atoms with Crippen LogP contribution in [0, 0.1) is 18.3 Å². The second-order valence-corrected chi connectivity index (χ2v) is 5.54. The van der Waals surface area contributed by atoms with Crippen LogP contribution in [0.15, 0.2) is 12.1 Å². The summed E-state index contributed by atoms with van der Waals surface area (Å²) in [5.41, 5.74) is 0.859. The number of aliphatic carboxylic acids is 1. The van der Waals surface area contributed by atoms with E-state index in [1.807, 2.05) is 19.9 Å². The molecule has 0 aliphatic carbocycles. The topological polar surface area (TPSA) is 81.4 Å². The Hall–Kier alpha value is -2.13. The molecule has 0 saturated heterocycles. The second kappa shape index (κ2) is 6.87. The van der Waals surface area contributed by atoms with Gasteiger partial charge in [0.25, 0.3) is 5.91 Å². The van der Waals surface area contributed by atoms with Crippen LogP contribution in [-0.2, 0) is 4.79 Å². The van der Waals surface area contributed by atoms with Gasteiger partial charge in [-0.15, -0.1) is 11.3 Å². The molecule has 1 aromatic heterocycles. The van der Waals surface area contributed by atoms with E-state index in [0.717, 1.165) is 16.5 Å². The molecule has 5 nitrogen and oxygen atoms in total. The summed E-state index contributed by atoms with van der Waals surface area (Å²) in [4.78, 5) is 25.6. The number of aryl methyl sites for hydroxylation is 1. The van der Waals surface area contributed by atoms with Gasteiger partial charge in [-0.25, -0.2) is 4.79 Å². The van der Waals surface area contributed by atoms with Gasteiger partial charge in [-0.2, -0.15) is 5.26 Å². The number of nitrogens with zero attached hydrogens (tertiary/aromatic N) is 2. The van der Waals surface area contributed by atoms with Crippen LogP contribution in [-0.4, -0.2) is 35.0 Å². The SMILES string of the molecule is Cc1cc(C(=O)N(C)C(C)CC#N)sc1/C=C/C(=O)O. The highest BCUT2D eigenvalue weighted by molar-refractivity contribution is 7.15. The molecule has 0 bridgehead atoms. The molecule has 1 heterocycles. The maximum atomic E-state index is 12.3. The van der Waals surface area contributed by atoms with E-state index in [1.54, 1.807) is 13.1 Å². The van der Waals surface area contributed by atoms with E-state index in [9.17, 15) is 9.59 Å². The minimum Gasteiger partial charge on any atom is -0.478 e. The molecule has 20 heavy (non-hydrogen) atoms. The molecular weight excluding hydrogens is 276 g/mol. The van der Waals surface area contributed by atoms with E-state index in [2.05, 4.69) is 0 Å². The molecule has 1 unspecified atom stereocenters. The van der Waals surface area contributed by atoms with Crippen LogP contribution in [0.4, 0.5) is 0 Å². The maximum Gasteiger partial charge on any atom is 0.328 e. The van der Waals surface area contributed by atoms with E-state index in [1.165, 1.54) is 22.3 Å². The van der Waals surface area contributed by atoms with Crippen LogP contribution in [0.1, 0.15) is 33.5 Å². The zero-order valence-corrected chi connectivity index (χ0v) is 12.4. The second-order valence-electron chi connectivity index (χ2n) is 4.46. The Morgan fingerprint density at radius 1 is 1.60 bits per heavy atom. The van der Waals surface area contributed by atoms with Crippen molar-refractivity contribution in [3.05, 3.63) is 27.5 Å². The summed E-state index contributed by atoms with van der Waals surface area (Å²) in [5.74, 6) is -1.18. The van der Waals surface area contributed by atoms with E-state index >= 15 is 0 Å². The first-order valence-corrected chi connectivity index (χ1v) is 6.84. The van der Waals surface area contributed by atoms with Gasteiger partial charge in [0.2, 0.25) is 0 Å². The molecule has 0 radical (unpaired) electrons. The van der Waals surface area contributed by atoms with Crippen molar-refractivity contribution in [2.24, 2.45) is 0 Å². The van der Waals surface area contributed by atoms with Gasteiger partial charge < -0.3 is 10.0 Å². The van der Waals surface area contributed by atoms with Crippen LogP contribution in [0.5, 0.6) is 0 Å². The van der Waals surface area contributed by atoms with Gasteiger partial charge in [0.05, 0.1) is 17.4 Å². The number of rotatable bonds is 5. The van der Waals surface area contributed by atoms with E-state index in [-0.39, 0.29) is 18.4 Å². The molecule has 1 rings (SSSR count). The van der Waals surface area contributed by atoms with Gasteiger partial charge in [0.1, 0.15) is 0 Å². The zero-order chi connectivity index (χ0) is 15.3. The molecule has 1 N–H and O–H groups in total. The minimum absolute atomic E-state index is 0.157. The van der Waals surface area contributed by atoms with Crippen molar-refractivity contribution >= 4 is 29.3 Å². The van der Waals surface area contributed by atoms with Gasteiger partial charge in [0.15, 0.2) is 0 Å². The lowest BCUT2D eigenvalue weighted by Gasteiger charge is -2.22. The Morgan fingerprint density at radius 3 is 2.80 bits per heavy atom. The van der Waals surface area contributed by atoms with Gasteiger partial charge in [0, 0.05) is 24.0 Å². The van der Waals surface area contributed by atoms with E-state index in [0.29, 0.717) is 4.88 Å². The molecule has 0 fully saturated rings. The highest BCUT2D eigenvalue weighted by Gasteiger charge is 2.19. The average molecular weight is 292 g/mol. The van der Waals surface area contributed by atoms with Crippen molar-refractivity contribution in [2.45, 2.75) is 26.3 Å². The molecule has 0 spiro atoms. The monoisotopic (exact) mass is 292 g/mol. The third kappa shape index (κ3) is 3.93. The molecule has 0 aliphatic rings. The molecule has 1 atom stereocenters. The fourth-order valence-electron chi connectivity index (χ4n) is 1.56. The van der Waals surface area contributed by atoms with Gasteiger partial charge in [-0.3, -0.25) is 4.79 Å². The summed E-state index contributed by atoms with van der Waals surface area (Å²) in [7, 11) is 1.66. The minimum atomic E-state index is -1.02. The number of carbonyl (C=O) groups excluding carboxylic acids is 1. The molecule has 1 aromatic rings. The summed E-state index contributed by atoms with van der Waals surface area (Å²) in [5, 5.41) is 17.3. The molecule has 106 valence electrons. The van der Waals surface area contributed by atoms with E-state index < -0.39 is 5.97 Å². The van der Waals surface area contributed by atoms with E-state index in [4.69, 9.17) is 10.4 Å². The Labute approximate surface area is 121 Å². The molecule has 1 amide bonds. The first kappa shape index (κ1) is 15.9. The molecule has 6 heteroatoms. The lowest BCUT2D eigenvalue weighted by Crippen LogP contribution is -2.34. The molecule has 0 aromatic carbocycles. The van der Waals surface area contributed by atoms with Gasteiger partial charge >= 0.3 is 5.97 Å². The lowest BCUT2D eigenvalue weighted by molar-refractivity contribution is -0.131. The summed E-state index contributed by atoms with van der Waals surface area (Å²) in [6, 6.07) is 3.62. The van der Waals surface area contributed by atoms with Crippen LogP contribution >= 0.6 is 11.3 Å². The Morgan fingerprint density at radius 2 is 2.25 bits per heavy atom. The first-order chi connectivity index (χ1) is 9.36. The van der Waals surface area contributed by atoms with Crippen molar-refractivity contribution in [3.63, 3.8) is 0 Å². The third-order valence-electron chi connectivity index (χ3n) is 2.91. The summed E-state index contributed by atoms with van der Waals surface area (Å²) >= 11 is 1.25. The summed E-state index contributed by atoms with van der Waals surface area (Å²) in [6.45, 7) is 3.64. The predicted octanol–water partition coefficient (Wildman–Crippen LogP) is 2.53. The van der Waals surface area contributed by atoms with Crippen molar-refractivity contribution in [1.29, 1.82) is 5.26 Å². The van der Waals surface area contributed by atoms with Crippen molar-refractivity contribution < 1.29 is 14.7 Å². The number of carbonyl (C=O) groups is 2. The van der Waals surface area contributed by atoms with Crippen molar-refractivity contribution in [2.75, 3.05) is 7.05 Å². The number of carboxylic acid groups (broad SMARTS) is 1. The number of nitriles is 1. The number of carboxylic acids is 1. The molecular formula is C14H16N2O3S. The number of thiophene rings is 1. The summed E-state index contributed by atoms with van der Waals surface area (Å²) < 4.78 is 0. The largest absolute Gasteiger partial charge is 0.478 e. The fraction of sp³-hybridized carbons (Fsp3) is 0.357. The highest BCUT2D eigenvalue weighted by atomic mass is 32.1. The predicted molar refractivity (Wildman–Crippen MR) is 77.5 cm³/mol. The highest BCUT2D eigenvalue weighted by Crippen LogP contribution is 2.25. The Bertz CT molecular complexity index is 584. The smallest absolute Gasteiger partial charge is 0.328 e. The number of hydrogen-bond donors (Lipinski definition) is 1. The van der Waals surface area contributed by atoms with Crippen molar-refractivity contribution in [1.82, 2.24) is 4.90 Å². The Balaban J connectivity index is 2.93. The summed E-state index contributed by atoms with van der Waals surface area (Å²) in [6.07, 6.45) is 2.81. The average Bonchev–Trinajstić information content (AvgIpc) is 2.76. The van der Waals surface area contributed by atoms with Gasteiger partial charge in [-0.1, -0.05) is 0 Å². The lowest BCUT2D eigenvalue weighted by atomic mass is 10.2. The van der Waals surface area contributed by atoms with Crippen LogP contribution < -0.4 is 0 Å². The third-order valence-corrected chi connectivity index (χ3v) is 4.10. The molecule has 0 saturated carbocycles. The normalized spacial score (nSPS) is 12.1. The van der Waals surface area contributed by atoms with Crippen LogP contribution in [0.3, 0.4) is 0 Å². The Kier molecular flexibility index (Phi) is 5.47. The van der Waals surface area contributed by atoms with Crippen LogP contribution in [0.2, 0.25) is 0 Å². The maximum absolute atomic E-state index is 12.3. The standard InChI is InChI=1S/C14H16N2O3S/c1-9-8-12(20-11(9)4-5-13(17)18)14(19)16(3)10(2)6-7-15/h4-5,8,10H,6H2,1-3H3,(H,17,18)/b5-4+. The first-order valence-electron chi connectivity index (χ1n) is 6.02. The quantitative estimate of drug-likeness (QED) is 0.845. The molecule has 0 aliphatic heterocycles. The zero-order valence-electron chi connectivity index (χ0n) is 11.6. The van der Waals surface area contributed by atoms with Crippen LogP contribution in [0.25, 0.3) is 6.08 Å². The van der Waals surface area contributed by atoms with Crippen molar-refractivity contribution in [3.8, 4) is 6.07 Å². The number of hydrogen-bond acceptors (Lipinski definition) is 4.